The standard InChI is InChI=1S/C18H29NO2/c1-13-5-6-15(16(20)11-13)14(2)19-12-18(21)9-7-17(3,4)8-10-18/h5-6,11,14,19-21H,7-10,12H2,1-4H3. The minimum atomic E-state index is -0.607. The molecule has 0 bridgehead atoms. The summed E-state index contributed by atoms with van der Waals surface area (Å²) in [5, 5.41) is 24.1. The van der Waals surface area contributed by atoms with Crippen molar-refractivity contribution in [3.63, 3.8) is 0 Å². The minimum Gasteiger partial charge on any atom is -0.508 e. The van der Waals surface area contributed by atoms with Crippen LogP contribution in [0.15, 0.2) is 18.2 Å². The van der Waals surface area contributed by atoms with Crippen molar-refractivity contribution in [2.45, 2.75) is 65.0 Å². The van der Waals surface area contributed by atoms with Crippen LogP contribution in [-0.2, 0) is 0 Å². The average molecular weight is 291 g/mol. The number of nitrogens with one attached hydrogen (secondary N) is 1. The second kappa shape index (κ2) is 5.98. The number of hydrogen-bond donors (Lipinski definition) is 3. The first kappa shape index (κ1) is 16.3. The summed E-state index contributed by atoms with van der Waals surface area (Å²) in [6, 6.07) is 5.77. The summed E-state index contributed by atoms with van der Waals surface area (Å²) in [4.78, 5) is 0. The van der Waals surface area contributed by atoms with E-state index in [4.69, 9.17) is 0 Å². The Morgan fingerprint density at radius 2 is 1.81 bits per heavy atom. The van der Waals surface area contributed by atoms with Crippen LogP contribution in [0.4, 0.5) is 0 Å². The van der Waals surface area contributed by atoms with E-state index in [-0.39, 0.29) is 6.04 Å². The predicted molar refractivity (Wildman–Crippen MR) is 86.5 cm³/mol. The molecule has 1 fully saturated rings. The van der Waals surface area contributed by atoms with Gasteiger partial charge in [-0.15, -0.1) is 0 Å². The number of benzene rings is 1. The van der Waals surface area contributed by atoms with Gasteiger partial charge in [-0.25, -0.2) is 0 Å². The number of rotatable bonds is 4. The number of aliphatic hydroxyl groups is 1. The monoisotopic (exact) mass is 291 g/mol. The lowest BCUT2D eigenvalue weighted by molar-refractivity contribution is -0.0258. The fraction of sp³-hybridized carbons (Fsp3) is 0.667. The molecule has 1 unspecified atom stereocenters. The Kier molecular flexibility index (Phi) is 4.64. The molecule has 21 heavy (non-hydrogen) atoms. The van der Waals surface area contributed by atoms with Gasteiger partial charge in [0.25, 0.3) is 0 Å². The molecule has 1 saturated carbocycles. The van der Waals surface area contributed by atoms with Crippen LogP contribution in [0.25, 0.3) is 0 Å². The summed E-state index contributed by atoms with van der Waals surface area (Å²) in [7, 11) is 0. The first-order chi connectivity index (χ1) is 9.71. The Morgan fingerprint density at radius 1 is 1.19 bits per heavy atom. The SMILES string of the molecule is Cc1ccc(C(C)NCC2(O)CCC(C)(C)CC2)c(O)c1. The van der Waals surface area contributed by atoms with Gasteiger partial charge in [0.05, 0.1) is 5.60 Å². The van der Waals surface area contributed by atoms with Crippen molar-refractivity contribution in [3.8, 4) is 5.75 Å². The van der Waals surface area contributed by atoms with E-state index in [1.54, 1.807) is 6.07 Å². The topological polar surface area (TPSA) is 52.5 Å². The molecule has 0 aromatic heterocycles. The molecular formula is C18H29NO2. The lowest BCUT2D eigenvalue weighted by atomic mass is 9.71. The molecule has 1 aromatic carbocycles. The van der Waals surface area contributed by atoms with Gasteiger partial charge in [-0.05, 0) is 56.6 Å². The second-order valence-electron chi connectivity index (χ2n) is 7.55. The van der Waals surface area contributed by atoms with E-state index in [2.05, 4.69) is 19.2 Å². The highest BCUT2D eigenvalue weighted by atomic mass is 16.3. The molecule has 1 aliphatic carbocycles. The van der Waals surface area contributed by atoms with E-state index >= 15 is 0 Å². The molecule has 0 heterocycles. The maximum absolute atomic E-state index is 10.7. The molecule has 3 heteroatoms. The van der Waals surface area contributed by atoms with Crippen molar-refractivity contribution >= 4 is 0 Å². The molecule has 1 aromatic rings. The normalized spacial score (nSPS) is 22.0. The molecule has 0 spiro atoms. The summed E-state index contributed by atoms with van der Waals surface area (Å²) >= 11 is 0. The Hall–Kier alpha value is -1.06. The van der Waals surface area contributed by atoms with Gasteiger partial charge >= 0.3 is 0 Å². The van der Waals surface area contributed by atoms with Crippen LogP contribution in [0.5, 0.6) is 5.75 Å². The van der Waals surface area contributed by atoms with Crippen molar-refractivity contribution in [1.29, 1.82) is 0 Å². The quantitative estimate of drug-likeness (QED) is 0.793. The first-order valence-corrected chi connectivity index (χ1v) is 7.96. The fourth-order valence-electron chi connectivity index (χ4n) is 3.04. The molecule has 3 nitrogen and oxygen atoms in total. The number of aryl methyl sites for hydroxylation is 1. The Bertz CT molecular complexity index is 486. The van der Waals surface area contributed by atoms with E-state index in [0.717, 1.165) is 36.8 Å². The van der Waals surface area contributed by atoms with Gasteiger partial charge in [0, 0.05) is 18.2 Å². The van der Waals surface area contributed by atoms with E-state index in [0.29, 0.717) is 17.7 Å². The summed E-state index contributed by atoms with van der Waals surface area (Å²) in [5.41, 5.74) is 1.69. The van der Waals surface area contributed by atoms with Gasteiger partial charge in [-0.2, -0.15) is 0 Å². The third-order valence-electron chi connectivity index (χ3n) is 4.92. The smallest absolute Gasteiger partial charge is 0.120 e. The molecular weight excluding hydrogens is 262 g/mol. The molecule has 3 N–H and O–H groups in total. The third-order valence-corrected chi connectivity index (χ3v) is 4.92. The average Bonchev–Trinajstić information content (AvgIpc) is 2.40. The van der Waals surface area contributed by atoms with Gasteiger partial charge in [0.15, 0.2) is 0 Å². The van der Waals surface area contributed by atoms with Crippen molar-refractivity contribution in [2.75, 3.05) is 6.54 Å². The molecule has 0 amide bonds. The maximum atomic E-state index is 10.7. The van der Waals surface area contributed by atoms with E-state index in [9.17, 15) is 10.2 Å². The van der Waals surface area contributed by atoms with E-state index < -0.39 is 5.60 Å². The summed E-state index contributed by atoms with van der Waals surface area (Å²) < 4.78 is 0. The predicted octanol–water partition coefficient (Wildman–Crippen LogP) is 3.68. The van der Waals surface area contributed by atoms with Crippen molar-refractivity contribution in [1.82, 2.24) is 5.32 Å². The highest BCUT2D eigenvalue weighted by Gasteiger charge is 2.36. The van der Waals surface area contributed by atoms with Gasteiger partial charge in [-0.3, -0.25) is 0 Å². The number of phenolic OH excluding ortho intramolecular Hbond substituents is 1. The van der Waals surface area contributed by atoms with Gasteiger partial charge in [-0.1, -0.05) is 26.0 Å². The molecule has 0 radical (unpaired) electrons. The van der Waals surface area contributed by atoms with Crippen molar-refractivity contribution in [3.05, 3.63) is 29.3 Å². The molecule has 1 aliphatic rings. The molecule has 0 saturated heterocycles. The van der Waals surface area contributed by atoms with Gasteiger partial charge < -0.3 is 15.5 Å². The van der Waals surface area contributed by atoms with Crippen LogP contribution >= 0.6 is 0 Å². The van der Waals surface area contributed by atoms with Crippen LogP contribution < -0.4 is 5.32 Å². The van der Waals surface area contributed by atoms with Crippen LogP contribution in [0, 0.1) is 12.3 Å². The zero-order valence-corrected chi connectivity index (χ0v) is 13.7. The van der Waals surface area contributed by atoms with Crippen LogP contribution in [0.2, 0.25) is 0 Å². The minimum absolute atomic E-state index is 0.0320. The lowest BCUT2D eigenvalue weighted by Crippen LogP contribution is -2.45. The highest BCUT2D eigenvalue weighted by molar-refractivity contribution is 5.37. The fourth-order valence-corrected chi connectivity index (χ4v) is 3.04. The lowest BCUT2D eigenvalue weighted by Gasteiger charge is -2.40. The Labute approximate surface area is 128 Å². The zero-order chi connectivity index (χ0) is 15.7. The van der Waals surface area contributed by atoms with Crippen molar-refractivity contribution < 1.29 is 10.2 Å². The summed E-state index contributed by atoms with van der Waals surface area (Å²) in [5.74, 6) is 0.326. The first-order valence-electron chi connectivity index (χ1n) is 7.96. The number of phenols is 1. The molecule has 0 aliphatic heterocycles. The number of hydrogen-bond acceptors (Lipinski definition) is 3. The third kappa shape index (κ3) is 4.21. The summed E-state index contributed by atoms with van der Waals surface area (Å²) in [6.45, 7) is 9.12. The Balaban J connectivity index is 1.93. The van der Waals surface area contributed by atoms with E-state index in [1.165, 1.54) is 0 Å². The number of aromatic hydroxyl groups is 1. The molecule has 1 atom stereocenters. The van der Waals surface area contributed by atoms with Crippen LogP contribution in [-0.4, -0.2) is 22.4 Å². The second-order valence-corrected chi connectivity index (χ2v) is 7.55. The Morgan fingerprint density at radius 3 is 2.38 bits per heavy atom. The van der Waals surface area contributed by atoms with E-state index in [1.807, 2.05) is 26.0 Å². The van der Waals surface area contributed by atoms with Gasteiger partial charge in [0.1, 0.15) is 5.75 Å². The highest BCUT2D eigenvalue weighted by Crippen LogP contribution is 2.40. The van der Waals surface area contributed by atoms with Gasteiger partial charge in [0.2, 0.25) is 0 Å². The van der Waals surface area contributed by atoms with Crippen LogP contribution in [0.3, 0.4) is 0 Å². The molecule has 2 rings (SSSR count). The van der Waals surface area contributed by atoms with Crippen LogP contribution in [0.1, 0.15) is 63.6 Å². The largest absolute Gasteiger partial charge is 0.508 e. The molecule has 118 valence electrons. The summed E-state index contributed by atoms with van der Waals surface area (Å²) in [6.07, 6.45) is 3.82. The maximum Gasteiger partial charge on any atom is 0.120 e. The van der Waals surface area contributed by atoms with Crippen molar-refractivity contribution in [2.24, 2.45) is 5.41 Å². The zero-order valence-electron chi connectivity index (χ0n) is 13.7.